The minimum absolute atomic E-state index is 0.0984. The Morgan fingerprint density at radius 3 is 2.70 bits per heavy atom. The summed E-state index contributed by atoms with van der Waals surface area (Å²) < 4.78 is 11.1. The molecule has 1 aliphatic heterocycles. The third-order valence-electron chi connectivity index (χ3n) is 4.60. The fraction of sp³-hybridized carbons (Fsp3) is 0.333. The molecule has 1 N–H and O–H groups in total. The zero-order chi connectivity index (χ0) is 19.2. The van der Waals surface area contributed by atoms with Crippen LogP contribution >= 0.6 is 0 Å². The van der Waals surface area contributed by atoms with Crippen LogP contribution in [0.15, 0.2) is 53.2 Å². The number of amides is 2. The van der Waals surface area contributed by atoms with E-state index in [9.17, 15) is 9.59 Å². The van der Waals surface area contributed by atoms with Gasteiger partial charge in [0.25, 0.3) is 11.8 Å². The number of nitrogens with zero attached hydrogens (tertiary/aromatic N) is 1. The summed E-state index contributed by atoms with van der Waals surface area (Å²) in [6.45, 7) is 4.21. The van der Waals surface area contributed by atoms with Crippen molar-refractivity contribution in [3.63, 3.8) is 0 Å². The molecule has 0 fully saturated rings. The van der Waals surface area contributed by atoms with Gasteiger partial charge >= 0.3 is 0 Å². The summed E-state index contributed by atoms with van der Waals surface area (Å²) in [6, 6.07) is 10.9. The maximum absolute atomic E-state index is 12.8. The predicted octanol–water partition coefficient (Wildman–Crippen LogP) is 3.39. The molecule has 0 spiro atoms. The van der Waals surface area contributed by atoms with Gasteiger partial charge in [0.1, 0.15) is 11.5 Å². The van der Waals surface area contributed by atoms with Gasteiger partial charge in [0.2, 0.25) is 0 Å². The van der Waals surface area contributed by atoms with E-state index < -0.39 is 6.10 Å². The number of hydrogen-bond acceptors (Lipinski definition) is 4. The van der Waals surface area contributed by atoms with Gasteiger partial charge in [-0.2, -0.15) is 0 Å². The first-order chi connectivity index (χ1) is 13.1. The molecule has 1 aromatic carbocycles. The van der Waals surface area contributed by atoms with Crippen LogP contribution in [0.25, 0.3) is 6.08 Å². The molecule has 142 valence electrons. The first kappa shape index (κ1) is 18.8. The van der Waals surface area contributed by atoms with E-state index in [4.69, 9.17) is 9.15 Å². The summed E-state index contributed by atoms with van der Waals surface area (Å²) in [4.78, 5) is 27.0. The minimum Gasteiger partial charge on any atom is -0.477 e. The zero-order valence-electron chi connectivity index (χ0n) is 15.6. The topological polar surface area (TPSA) is 71.8 Å². The second-order valence-electron chi connectivity index (χ2n) is 6.39. The maximum Gasteiger partial charge on any atom is 0.263 e. The number of nitrogens with one attached hydrogen (secondary N) is 1. The summed E-state index contributed by atoms with van der Waals surface area (Å²) in [6.07, 6.45) is 5.55. The summed E-state index contributed by atoms with van der Waals surface area (Å²) in [5, 5.41) is 3.00. The minimum atomic E-state index is -0.749. The Morgan fingerprint density at radius 1 is 1.22 bits per heavy atom. The maximum atomic E-state index is 12.8. The van der Waals surface area contributed by atoms with Gasteiger partial charge in [0.05, 0.1) is 18.5 Å². The van der Waals surface area contributed by atoms with Gasteiger partial charge in [0, 0.05) is 12.1 Å². The highest BCUT2D eigenvalue weighted by atomic mass is 16.5. The third-order valence-corrected chi connectivity index (χ3v) is 4.60. The molecule has 0 bridgehead atoms. The molecule has 0 aliphatic carbocycles. The predicted molar refractivity (Wildman–Crippen MR) is 103 cm³/mol. The number of anilines is 1. The lowest BCUT2D eigenvalue weighted by molar-refractivity contribution is -0.129. The summed E-state index contributed by atoms with van der Waals surface area (Å²) in [7, 11) is 0. The molecule has 0 radical (unpaired) electrons. The van der Waals surface area contributed by atoms with E-state index in [2.05, 4.69) is 5.32 Å². The molecule has 27 heavy (non-hydrogen) atoms. The fourth-order valence-electron chi connectivity index (χ4n) is 3.00. The number of benzene rings is 1. The molecular formula is C21H24N2O4. The standard InChI is InChI=1S/C21H24N2O4/c1-3-15(4-2)22-21(25)19-14-23(17-9-5-6-10-18(17)27-19)20(24)12-11-16-8-7-13-26-16/h5-13,15,19H,3-4,14H2,1-2H3,(H,22,25)/b12-11+. The van der Waals surface area contributed by atoms with E-state index >= 15 is 0 Å². The largest absolute Gasteiger partial charge is 0.477 e. The molecule has 2 amide bonds. The van der Waals surface area contributed by atoms with Crippen molar-refractivity contribution >= 4 is 23.6 Å². The second-order valence-corrected chi connectivity index (χ2v) is 6.39. The van der Waals surface area contributed by atoms with Crippen LogP contribution in [0, 0.1) is 0 Å². The number of rotatable bonds is 6. The van der Waals surface area contributed by atoms with Crippen molar-refractivity contribution < 1.29 is 18.7 Å². The van der Waals surface area contributed by atoms with Gasteiger partial charge in [0.15, 0.2) is 6.10 Å². The molecule has 1 aliphatic rings. The number of carbonyl (C=O) groups is 2. The number of ether oxygens (including phenoxy) is 1. The Hall–Kier alpha value is -3.02. The third kappa shape index (κ3) is 4.39. The molecule has 1 unspecified atom stereocenters. The van der Waals surface area contributed by atoms with Crippen LogP contribution in [0.1, 0.15) is 32.4 Å². The lowest BCUT2D eigenvalue weighted by Gasteiger charge is -2.34. The van der Waals surface area contributed by atoms with Crippen LogP contribution < -0.4 is 15.0 Å². The molecule has 2 aromatic rings. The van der Waals surface area contributed by atoms with Crippen LogP contribution in [0.3, 0.4) is 0 Å². The van der Waals surface area contributed by atoms with E-state index in [1.54, 1.807) is 35.4 Å². The van der Waals surface area contributed by atoms with E-state index in [0.717, 1.165) is 12.8 Å². The van der Waals surface area contributed by atoms with E-state index in [-0.39, 0.29) is 24.4 Å². The molecular weight excluding hydrogens is 344 g/mol. The Balaban J connectivity index is 1.80. The van der Waals surface area contributed by atoms with Crippen LogP contribution in [-0.4, -0.2) is 30.5 Å². The van der Waals surface area contributed by atoms with Crippen molar-refractivity contribution in [1.82, 2.24) is 5.32 Å². The van der Waals surface area contributed by atoms with E-state index in [1.807, 2.05) is 32.0 Å². The molecule has 1 aromatic heterocycles. The zero-order valence-corrected chi connectivity index (χ0v) is 15.6. The van der Waals surface area contributed by atoms with Crippen molar-refractivity contribution in [3.05, 3.63) is 54.5 Å². The number of furan rings is 1. The van der Waals surface area contributed by atoms with Crippen LogP contribution in [-0.2, 0) is 9.59 Å². The molecule has 6 nitrogen and oxygen atoms in total. The summed E-state index contributed by atoms with van der Waals surface area (Å²) >= 11 is 0. The van der Waals surface area contributed by atoms with Gasteiger partial charge in [-0.05, 0) is 43.2 Å². The lowest BCUT2D eigenvalue weighted by atomic mass is 10.1. The Kier molecular flexibility index (Phi) is 5.96. The fourth-order valence-corrected chi connectivity index (χ4v) is 3.00. The Labute approximate surface area is 158 Å². The van der Waals surface area contributed by atoms with Crippen molar-refractivity contribution in [2.24, 2.45) is 0 Å². The molecule has 0 saturated carbocycles. The van der Waals surface area contributed by atoms with Crippen LogP contribution in [0.5, 0.6) is 5.75 Å². The van der Waals surface area contributed by atoms with Gasteiger partial charge in [-0.1, -0.05) is 26.0 Å². The van der Waals surface area contributed by atoms with E-state index in [1.165, 1.54) is 6.08 Å². The lowest BCUT2D eigenvalue weighted by Crippen LogP contribution is -2.52. The number of fused-ring (bicyclic) bond motifs is 1. The molecule has 6 heteroatoms. The molecule has 3 rings (SSSR count). The smallest absolute Gasteiger partial charge is 0.263 e. The van der Waals surface area contributed by atoms with Crippen molar-refractivity contribution in [1.29, 1.82) is 0 Å². The number of para-hydroxylation sites is 2. The Bertz CT molecular complexity index is 809. The normalized spacial score (nSPS) is 16.3. The average Bonchev–Trinajstić information content (AvgIpc) is 3.22. The SMILES string of the molecule is CCC(CC)NC(=O)C1CN(C(=O)/C=C/c2ccco2)c2ccccc2O1. The van der Waals surface area contributed by atoms with Crippen LogP contribution in [0.4, 0.5) is 5.69 Å². The van der Waals surface area contributed by atoms with Gasteiger partial charge in [-0.25, -0.2) is 0 Å². The highest BCUT2D eigenvalue weighted by molar-refractivity contribution is 6.05. The van der Waals surface area contributed by atoms with E-state index in [0.29, 0.717) is 17.2 Å². The molecule has 0 saturated heterocycles. The van der Waals surface area contributed by atoms with Gasteiger partial charge in [-0.3, -0.25) is 9.59 Å². The Morgan fingerprint density at radius 2 is 2.00 bits per heavy atom. The number of carbonyl (C=O) groups excluding carboxylic acids is 2. The van der Waals surface area contributed by atoms with Crippen molar-refractivity contribution in [2.75, 3.05) is 11.4 Å². The number of hydrogen-bond donors (Lipinski definition) is 1. The van der Waals surface area contributed by atoms with Crippen molar-refractivity contribution in [3.8, 4) is 5.75 Å². The van der Waals surface area contributed by atoms with Gasteiger partial charge in [-0.15, -0.1) is 0 Å². The average molecular weight is 368 g/mol. The summed E-state index contributed by atoms with van der Waals surface area (Å²) in [5.41, 5.74) is 0.651. The quantitative estimate of drug-likeness (QED) is 0.794. The van der Waals surface area contributed by atoms with Gasteiger partial charge < -0.3 is 19.4 Å². The highest BCUT2D eigenvalue weighted by Gasteiger charge is 2.33. The molecule has 2 heterocycles. The van der Waals surface area contributed by atoms with Crippen molar-refractivity contribution in [2.45, 2.75) is 38.8 Å². The van der Waals surface area contributed by atoms with Crippen LogP contribution in [0.2, 0.25) is 0 Å². The first-order valence-corrected chi connectivity index (χ1v) is 9.21. The molecule has 1 atom stereocenters. The second kappa shape index (κ2) is 8.58. The monoisotopic (exact) mass is 368 g/mol. The first-order valence-electron chi connectivity index (χ1n) is 9.21. The summed E-state index contributed by atoms with van der Waals surface area (Å²) in [5.74, 6) is 0.676. The highest BCUT2D eigenvalue weighted by Crippen LogP contribution is 2.33.